The monoisotopic (exact) mass is 538 g/mol. The van der Waals surface area contributed by atoms with E-state index in [1.807, 2.05) is 0 Å². The van der Waals surface area contributed by atoms with Crippen molar-refractivity contribution in [2.24, 2.45) is 0 Å². The van der Waals surface area contributed by atoms with Crippen molar-refractivity contribution in [3.63, 3.8) is 0 Å². The van der Waals surface area contributed by atoms with Gasteiger partial charge >= 0.3 is 0 Å². The van der Waals surface area contributed by atoms with Crippen LogP contribution in [0.2, 0.25) is 0 Å². The highest BCUT2D eigenvalue weighted by molar-refractivity contribution is 6.40. The van der Waals surface area contributed by atoms with Crippen molar-refractivity contribution in [3.8, 4) is 0 Å². The van der Waals surface area contributed by atoms with Gasteiger partial charge < -0.3 is 0 Å². The second-order valence-electron chi connectivity index (χ2n) is 14.6. The van der Waals surface area contributed by atoms with Crippen molar-refractivity contribution in [2.75, 3.05) is 0 Å². The van der Waals surface area contributed by atoms with Crippen molar-refractivity contribution in [3.05, 3.63) is 108 Å². The molecule has 9 aromatic rings. The van der Waals surface area contributed by atoms with Crippen LogP contribution < -0.4 is 0 Å². The molecule has 0 saturated carbocycles. The Morgan fingerprint density at radius 3 is 0.929 bits per heavy atom. The molecule has 0 aliphatic carbocycles. The Hall–Kier alpha value is -4.42. The van der Waals surface area contributed by atoms with Crippen LogP contribution in [0.25, 0.3) is 86.2 Å². The molecule has 0 heteroatoms. The van der Waals surface area contributed by atoms with Crippen LogP contribution in [-0.4, -0.2) is 0 Å². The summed E-state index contributed by atoms with van der Waals surface area (Å²) in [7, 11) is 0. The zero-order valence-electron chi connectivity index (χ0n) is 25.2. The van der Waals surface area contributed by atoms with E-state index in [1.54, 1.807) is 0 Å². The molecule has 0 unspecified atom stereocenters. The Balaban J connectivity index is 1.50. The lowest BCUT2D eigenvalue weighted by atomic mass is 9.86. The number of rotatable bonds is 0. The predicted molar refractivity (Wildman–Crippen MR) is 186 cm³/mol. The summed E-state index contributed by atoms with van der Waals surface area (Å²) in [5, 5.41) is 21.9. The molecule has 0 fully saturated rings. The van der Waals surface area contributed by atoms with E-state index in [0.717, 1.165) is 0 Å². The van der Waals surface area contributed by atoms with Crippen molar-refractivity contribution in [2.45, 2.75) is 52.4 Å². The maximum absolute atomic E-state index is 2.51. The lowest BCUT2D eigenvalue weighted by molar-refractivity contribution is 0.591. The van der Waals surface area contributed by atoms with Crippen molar-refractivity contribution >= 4 is 86.2 Å². The number of hydrogen-bond acceptors (Lipinski definition) is 0. The normalized spacial score (nSPS) is 13.5. The molecule has 0 heterocycles. The smallest absolute Gasteiger partial charge is 0.00199 e. The molecule has 0 nitrogen and oxygen atoms in total. The molecule has 202 valence electrons. The zero-order valence-corrected chi connectivity index (χ0v) is 25.2. The largest absolute Gasteiger partial charge is 0.0610 e. The minimum absolute atomic E-state index is 0.104. The second-order valence-corrected chi connectivity index (χ2v) is 14.6. The molecule has 9 aromatic carbocycles. The molecule has 9 rings (SSSR count). The molecular formula is C42H34. The van der Waals surface area contributed by atoms with Gasteiger partial charge in [-0.2, -0.15) is 0 Å². The molecule has 0 aliphatic rings. The fraction of sp³-hybridized carbons (Fsp3) is 0.190. The van der Waals surface area contributed by atoms with E-state index in [4.69, 9.17) is 0 Å². The SMILES string of the molecule is CC(C)(C)c1ccc2c(c1)c1cc3c4cc5c6cc(C(C)(C)C)ccc6c6cccc(c4ccc3c3cccc2c31)c65. The van der Waals surface area contributed by atoms with E-state index in [9.17, 15) is 0 Å². The molecule has 0 aromatic heterocycles. The van der Waals surface area contributed by atoms with Gasteiger partial charge in [0, 0.05) is 0 Å². The van der Waals surface area contributed by atoms with Gasteiger partial charge in [0.25, 0.3) is 0 Å². The van der Waals surface area contributed by atoms with Gasteiger partial charge in [0.05, 0.1) is 0 Å². The molecular weight excluding hydrogens is 504 g/mol. The van der Waals surface area contributed by atoms with Crippen LogP contribution in [0.5, 0.6) is 0 Å². The average molecular weight is 539 g/mol. The zero-order chi connectivity index (χ0) is 28.7. The van der Waals surface area contributed by atoms with Crippen molar-refractivity contribution in [1.82, 2.24) is 0 Å². The van der Waals surface area contributed by atoms with E-state index in [0.29, 0.717) is 0 Å². The molecule has 0 atom stereocenters. The van der Waals surface area contributed by atoms with E-state index in [1.165, 1.54) is 97.3 Å². The standard InChI is InChI=1S/C42H34/c1-41(2,3)23-13-15-25-29-9-7-11-31-27-17-18-28-32-12-8-10-30-26-16-14-24(42(4,5)6)20-34(26)38(40(30)32)22-36(28)35(27)21-37(39(29)31)33(25)19-23/h7-22H,1-6H3. The summed E-state index contributed by atoms with van der Waals surface area (Å²) in [6, 6.07) is 37.8. The van der Waals surface area contributed by atoms with Crippen LogP contribution >= 0.6 is 0 Å². The second kappa shape index (κ2) is 7.69. The summed E-state index contributed by atoms with van der Waals surface area (Å²) in [6.07, 6.45) is 0. The Bertz CT molecular complexity index is 2380. The highest BCUT2D eigenvalue weighted by Crippen LogP contribution is 2.47. The maximum atomic E-state index is 2.51. The van der Waals surface area contributed by atoms with E-state index in [2.05, 4.69) is 139 Å². The predicted octanol–water partition coefficient (Wildman–Crippen LogP) is 12.4. The third kappa shape index (κ3) is 3.03. The summed E-state index contributed by atoms with van der Waals surface area (Å²) in [6.45, 7) is 13.9. The van der Waals surface area contributed by atoms with Crippen LogP contribution in [0, 0.1) is 0 Å². The summed E-state index contributed by atoms with van der Waals surface area (Å²) in [5.41, 5.74) is 2.98. The fourth-order valence-corrected chi connectivity index (χ4v) is 7.79. The minimum Gasteiger partial charge on any atom is -0.0610 e. The molecule has 0 radical (unpaired) electrons. The molecule has 0 N–H and O–H groups in total. The Labute approximate surface area is 246 Å². The van der Waals surface area contributed by atoms with Gasteiger partial charge in [0.2, 0.25) is 0 Å². The van der Waals surface area contributed by atoms with Gasteiger partial charge in [0.1, 0.15) is 0 Å². The van der Waals surface area contributed by atoms with E-state index < -0.39 is 0 Å². The van der Waals surface area contributed by atoms with Gasteiger partial charge in [0.15, 0.2) is 0 Å². The Morgan fingerprint density at radius 1 is 0.286 bits per heavy atom. The topological polar surface area (TPSA) is 0 Å². The molecule has 0 aliphatic heterocycles. The first-order chi connectivity index (χ1) is 20.1. The summed E-state index contributed by atoms with van der Waals surface area (Å²) in [4.78, 5) is 0. The van der Waals surface area contributed by atoms with Gasteiger partial charge in [-0.3, -0.25) is 0 Å². The van der Waals surface area contributed by atoms with Crippen LogP contribution in [0.1, 0.15) is 52.7 Å². The van der Waals surface area contributed by atoms with Crippen LogP contribution in [0.3, 0.4) is 0 Å². The first-order valence-corrected chi connectivity index (χ1v) is 15.3. The molecule has 0 bridgehead atoms. The van der Waals surface area contributed by atoms with Gasteiger partial charge in [-0.25, -0.2) is 0 Å². The number of hydrogen-bond donors (Lipinski definition) is 0. The summed E-state index contributed by atoms with van der Waals surface area (Å²) >= 11 is 0. The van der Waals surface area contributed by atoms with E-state index in [-0.39, 0.29) is 10.8 Å². The lowest BCUT2D eigenvalue weighted by Gasteiger charge is -2.19. The first-order valence-electron chi connectivity index (χ1n) is 15.3. The highest BCUT2D eigenvalue weighted by atomic mass is 14.2. The number of fused-ring (bicyclic) bond motifs is 11. The quantitative estimate of drug-likeness (QED) is 0.168. The molecule has 0 amide bonds. The van der Waals surface area contributed by atoms with Crippen LogP contribution in [-0.2, 0) is 10.8 Å². The average Bonchev–Trinajstić information content (AvgIpc) is 3.46. The van der Waals surface area contributed by atoms with E-state index >= 15 is 0 Å². The van der Waals surface area contributed by atoms with Crippen molar-refractivity contribution in [1.29, 1.82) is 0 Å². The van der Waals surface area contributed by atoms with Gasteiger partial charge in [-0.15, -0.1) is 0 Å². The third-order valence-electron chi connectivity index (χ3n) is 10.0. The maximum Gasteiger partial charge on any atom is -0.00199 e. The van der Waals surface area contributed by atoms with Gasteiger partial charge in [-0.05, 0) is 132 Å². The Morgan fingerprint density at radius 2 is 0.595 bits per heavy atom. The molecule has 42 heavy (non-hydrogen) atoms. The van der Waals surface area contributed by atoms with Crippen molar-refractivity contribution < 1.29 is 0 Å². The Kier molecular flexibility index (Phi) is 4.43. The highest BCUT2D eigenvalue weighted by Gasteiger charge is 2.22. The third-order valence-corrected chi connectivity index (χ3v) is 10.0. The first kappa shape index (κ1) is 24.2. The van der Waals surface area contributed by atoms with Crippen LogP contribution in [0.15, 0.2) is 97.1 Å². The molecule has 0 spiro atoms. The van der Waals surface area contributed by atoms with Gasteiger partial charge in [-0.1, -0.05) is 114 Å². The lowest BCUT2D eigenvalue weighted by Crippen LogP contribution is -2.10. The summed E-state index contributed by atoms with van der Waals surface area (Å²) in [5.74, 6) is 0. The minimum atomic E-state index is 0.104. The summed E-state index contributed by atoms with van der Waals surface area (Å²) < 4.78 is 0. The molecule has 0 saturated heterocycles. The van der Waals surface area contributed by atoms with Crippen LogP contribution in [0.4, 0.5) is 0 Å². The number of benzene rings is 7. The fourth-order valence-electron chi connectivity index (χ4n) is 7.79.